The highest BCUT2D eigenvalue weighted by Crippen LogP contribution is 2.38. The molecule has 0 bridgehead atoms. The lowest BCUT2D eigenvalue weighted by Gasteiger charge is -2.32. The van der Waals surface area contributed by atoms with Crippen LogP contribution in [0, 0.1) is 6.92 Å². The van der Waals surface area contributed by atoms with E-state index in [0.29, 0.717) is 5.47 Å². The van der Waals surface area contributed by atoms with E-state index in [9.17, 15) is 5.11 Å². The van der Waals surface area contributed by atoms with Gasteiger partial charge in [0.05, 0.1) is 24.9 Å². The van der Waals surface area contributed by atoms with Gasteiger partial charge in [-0.3, -0.25) is 0 Å². The van der Waals surface area contributed by atoms with Gasteiger partial charge in [-0.15, -0.1) is 0 Å². The van der Waals surface area contributed by atoms with E-state index >= 15 is 0 Å². The second-order valence-electron chi connectivity index (χ2n) is 6.69. The molecule has 1 fully saturated rings. The highest BCUT2D eigenvalue weighted by Gasteiger charge is 2.52. The Labute approximate surface area is 133 Å². The molecule has 0 unspecified atom stereocenters. The molecule has 1 aliphatic rings. The molecule has 1 heterocycles. The highest BCUT2D eigenvalue weighted by molar-refractivity contribution is 6.55. The first-order chi connectivity index (χ1) is 10.2. The lowest BCUT2D eigenvalue weighted by atomic mass is 9.77. The number of ether oxygens (including phenoxy) is 1. The van der Waals surface area contributed by atoms with E-state index in [4.69, 9.17) is 14.0 Å². The molecule has 2 rings (SSSR count). The summed E-state index contributed by atoms with van der Waals surface area (Å²) in [6, 6.07) is 5.85. The second kappa shape index (κ2) is 6.07. The van der Waals surface area contributed by atoms with Gasteiger partial charge in [-0.2, -0.15) is 0 Å². The Kier molecular flexibility index (Phi) is 4.71. The van der Waals surface area contributed by atoms with Crippen molar-refractivity contribution in [2.75, 3.05) is 13.7 Å². The largest absolute Gasteiger partial charge is 0.497 e. The van der Waals surface area contributed by atoms with Crippen molar-refractivity contribution in [3.8, 4) is 5.75 Å². The van der Waals surface area contributed by atoms with Crippen LogP contribution in [0.2, 0.25) is 0 Å². The zero-order valence-electron chi connectivity index (χ0n) is 14.3. The molecule has 0 saturated carbocycles. The fraction of sp³-hybridized carbons (Fsp3) is 0.529. The van der Waals surface area contributed by atoms with Crippen LogP contribution < -0.4 is 4.74 Å². The Morgan fingerprint density at radius 1 is 1.23 bits per heavy atom. The number of aryl methyl sites for hydroxylation is 1. The van der Waals surface area contributed by atoms with Crippen molar-refractivity contribution in [1.29, 1.82) is 0 Å². The van der Waals surface area contributed by atoms with Crippen molar-refractivity contribution in [1.82, 2.24) is 0 Å². The molecule has 4 nitrogen and oxygen atoms in total. The molecule has 22 heavy (non-hydrogen) atoms. The van der Waals surface area contributed by atoms with Crippen LogP contribution >= 0.6 is 0 Å². The van der Waals surface area contributed by atoms with Gasteiger partial charge in [0.15, 0.2) is 0 Å². The predicted octanol–water partition coefficient (Wildman–Crippen LogP) is 3.01. The summed E-state index contributed by atoms with van der Waals surface area (Å²) < 4.78 is 17.3. The van der Waals surface area contributed by atoms with Crippen LogP contribution in [0.4, 0.5) is 0 Å². The molecule has 1 N–H and O–H groups in total. The fourth-order valence-electron chi connectivity index (χ4n) is 2.28. The van der Waals surface area contributed by atoms with E-state index in [2.05, 4.69) is 0 Å². The van der Waals surface area contributed by atoms with Gasteiger partial charge in [-0.05, 0) is 63.4 Å². The van der Waals surface area contributed by atoms with Gasteiger partial charge in [0.2, 0.25) is 0 Å². The molecular formula is C17H25BO4. The van der Waals surface area contributed by atoms with E-state index in [1.54, 1.807) is 7.11 Å². The summed E-state index contributed by atoms with van der Waals surface area (Å²) in [6.07, 6.45) is 1.92. The zero-order chi connectivity index (χ0) is 16.5. The van der Waals surface area contributed by atoms with Crippen LogP contribution in [-0.4, -0.2) is 37.1 Å². The van der Waals surface area contributed by atoms with Crippen LogP contribution in [0.1, 0.15) is 38.8 Å². The lowest BCUT2D eigenvalue weighted by Crippen LogP contribution is -2.41. The molecule has 0 atom stereocenters. The maximum atomic E-state index is 9.75. The molecule has 0 spiro atoms. The average molecular weight is 304 g/mol. The minimum absolute atomic E-state index is 0.118. The number of rotatable bonds is 4. The van der Waals surface area contributed by atoms with Crippen molar-refractivity contribution >= 4 is 13.2 Å². The fourth-order valence-corrected chi connectivity index (χ4v) is 2.28. The Hall–Kier alpha value is -1.30. The SMILES string of the molecule is COc1ccc(C)c(C=C(CO)B2OC(C)(C)C(C)(C)O2)c1. The Morgan fingerprint density at radius 2 is 1.82 bits per heavy atom. The van der Waals surface area contributed by atoms with Gasteiger partial charge < -0.3 is 19.2 Å². The summed E-state index contributed by atoms with van der Waals surface area (Å²) in [7, 11) is 1.10. The van der Waals surface area contributed by atoms with Crippen molar-refractivity contribution in [2.45, 2.75) is 45.8 Å². The number of aliphatic hydroxyl groups is 1. The van der Waals surface area contributed by atoms with Gasteiger partial charge >= 0.3 is 7.12 Å². The minimum Gasteiger partial charge on any atom is -0.497 e. The van der Waals surface area contributed by atoms with E-state index < -0.39 is 18.3 Å². The van der Waals surface area contributed by atoms with Crippen LogP contribution in [0.15, 0.2) is 23.7 Å². The number of hydrogen-bond donors (Lipinski definition) is 1. The standard InChI is InChI=1S/C17H25BO4/c1-12-7-8-15(20-6)10-13(12)9-14(11-19)18-21-16(2,3)17(4,5)22-18/h7-10,19H,11H2,1-6H3. The summed E-state index contributed by atoms with van der Waals surface area (Å²) in [5.41, 5.74) is 1.95. The smallest absolute Gasteiger partial charge is 0.492 e. The molecule has 0 amide bonds. The average Bonchev–Trinajstić information content (AvgIpc) is 2.66. The minimum atomic E-state index is -0.541. The van der Waals surface area contributed by atoms with Crippen molar-refractivity contribution < 1.29 is 19.2 Å². The first kappa shape index (κ1) is 17.1. The number of methoxy groups -OCH3 is 1. The van der Waals surface area contributed by atoms with E-state index in [1.807, 2.05) is 58.9 Å². The topological polar surface area (TPSA) is 47.9 Å². The molecule has 1 aromatic rings. The molecule has 1 aromatic carbocycles. The van der Waals surface area contributed by atoms with Crippen LogP contribution in [-0.2, 0) is 9.31 Å². The third kappa shape index (κ3) is 3.22. The third-order valence-electron chi connectivity index (χ3n) is 4.57. The van der Waals surface area contributed by atoms with Gasteiger partial charge in [-0.25, -0.2) is 0 Å². The first-order valence-corrected chi connectivity index (χ1v) is 7.52. The summed E-state index contributed by atoms with van der Waals surface area (Å²) in [6.45, 7) is 9.90. The lowest BCUT2D eigenvalue weighted by molar-refractivity contribution is 0.00578. The van der Waals surface area contributed by atoms with Crippen molar-refractivity contribution in [3.63, 3.8) is 0 Å². The molecule has 0 aromatic heterocycles. The van der Waals surface area contributed by atoms with Crippen LogP contribution in [0.3, 0.4) is 0 Å². The Bertz CT molecular complexity index is 562. The highest BCUT2D eigenvalue weighted by atomic mass is 16.7. The Balaban J connectivity index is 2.33. The third-order valence-corrected chi connectivity index (χ3v) is 4.57. The molecular weight excluding hydrogens is 279 g/mol. The molecule has 0 radical (unpaired) electrons. The van der Waals surface area contributed by atoms with E-state index in [0.717, 1.165) is 16.9 Å². The normalized spacial score (nSPS) is 20.3. The number of benzene rings is 1. The second-order valence-corrected chi connectivity index (χ2v) is 6.69. The summed E-state index contributed by atoms with van der Waals surface area (Å²) in [5.74, 6) is 0.781. The maximum Gasteiger partial charge on any atom is 0.492 e. The van der Waals surface area contributed by atoms with Gasteiger partial charge in [0.25, 0.3) is 0 Å². The quantitative estimate of drug-likeness (QED) is 0.869. The number of aliphatic hydroxyl groups excluding tert-OH is 1. The van der Waals surface area contributed by atoms with Crippen LogP contribution in [0.25, 0.3) is 6.08 Å². The predicted molar refractivity (Wildman–Crippen MR) is 88.9 cm³/mol. The van der Waals surface area contributed by atoms with Gasteiger partial charge in [0, 0.05) is 0 Å². The van der Waals surface area contributed by atoms with Crippen LogP contribution in [0.5, 0.6) is 5.75 Å². The number of hydrogen-bond acceptors (Lipinski definition) is 4. The molecule has 120 valence electrons. The zero-order valence-corrected chi connectivity index (χ0v) is 14.3. The molecule has 1 aliphatic heterocycles. The first-order valence-electron chi connectivity index (χ1n) is 7.52. The molecule has 0 aliphatic carbocycles. The monoisotopic (exact) mass is 304 g/mol. The summed E-state index contributed by atoms with van der Waals surface area (Å²) in [5, 5.41) is 9.75. The van der Waals surface area contributed by atoms with Crippen molar-refractivity contribution in [3.05, 3.63) is 34.8 Å². The maximum absolute atomic E-state index is 9.75. The van der Waals surface area contributed by atoms with E-state index in [-0.39, 0.29) is 6.61 Å². The van der Waals surface area contributed by atoms with E-state index in [1.165, 1.54) is 0 Å². The molecule has 5 heteroatoms. The molecule has 1 saturated heterocycles. The Morgan fingerprint density at radius 3 is 2.32 bits per heavy atom. The van der Waals surface area contributed by atoms with Gasteiger partial charge in [0.1, 0.15) is 5.75 Å². The summed E-state index contributed by atoms with van der Waals surface area (Å²) in [4.78, 5) is 0. The summed E-state index contributed by atoms with van der Waals surface area (Å²) >= 11 is 0. The van der Waals surface area contributed by atoms with Gasteiger partial charge in [-0.1, -0.05) is 12.1 Å². The van der Waals surface area contributed by atoms with Crippen molar-refractivity contribution in [2.24, 2.45) is 0 Å².